The Bertz CT molecular complexity index is 1440. The number of Topliss-reactive ketones (excluding diaryl/α,β-unsaturated/α-hetero) is 1. The number of ether oxygens (including phenoxy) is 3. The Morgan fingerprint density at radius 3 is 2.18 bits per heavy atom. The number of aliphatic hydroxyl groups is 1. The highest BCUT2D eigenvalue weighted by Crippen LogP contribution is 2.46. The van der Waals surface area contributed by atoms with Gasteiger partial charge >= 0.3 is 0 Å². The van der Waals surface area contributed by atoms with Crippen molar-refractivity contribution >= 4 is 34.7 Å². The maximum absolute atomic E-state index is 13.6. The van der Waals surface area contributed by atoms with Crippen LogP contribution < -0.4 is 19.1 Å². The Kier molecular flexibility index (Phi) is 7.69. The Hall–Kier alpha value is -3.97. The highest BCUT2D eigenvalue weighted by atomic mass is 35.5. The molecule has 0 spiro atoms. The molecular weight excluding hydrogens is 506 g/mol. The van der Waals surface area contributed by atoms with E-state index in [0.717, 1.165) is 16.7 Å². The highest BCUT2D eigenvalue weighted by Gasteiger charge is 2.47. The van der Waals surface area contributed by atoms with Gasteiger partial charge in [0.25, 0.3) is 11.7 Å². The average Bonchev–Trinajstić information content (AvgIpc) is 3.13. The van der Waals surface area contributed by atoms with Crippen LogP contribution in [0.5, 0.6) is 17.2 Å². The molecule has 1 heterocycles. The Labute approximate surface area is 227 Å². The molecule has 1 N–H and O–H groups in total. The number of hydrogen-bond donors (Lipinski definition) is 1. The number of methoxy groups -OCH3 is 2. The summed E-state index contributed by atoms with van der Waals surface area (Å²) in [6.07, 6.45) is 0. The van der Waals surface area contributed by atoms with Crippen LogP contribution >= 0.6 is 11.6 Å². The van der Waals surface area contributed by atoms with E-state index in [-0.39, 0.29) is 27.7 Å². The van der Waals surface area contributed by atoms with Crippen LogP contribution in [0.3, 0.4) is 0 Å². The van der Waals surface area contributed by atoms with E-state index in [9.17, 15) is 14.7 Å². The molecular formula is C30H30ClNO6. The third kappa shape index (κ3) is 4.82. The number of halogens is 1. The maximum Gasteiger partial charge on any atom is 0.300 e. The van der Waals surface area contributed by atoms with Gasteiger partial charge in [0.2, 0.25) is 0 Å². The van der Waals surface area contributed by atoms with Crippen LogP contribution in [-0.2, 0) is 9.59 Å². The summed E-state index contributed by atoms with van der Waals surface area (Å²) in [6.45, 7) is 7.88. The van der Waals surface area contributed by atoms with Gasteiger partial charge in [-0.2, -0.15) is 0 Å². The largest absolute Gasteiger partial charge is 0.507 e. The zero-order valence-corrected chi connectivity index (χ0v) is 23.0. The summed E-state index contributed by atoms with van der Waals surface area (Å²) in [5.41, 5.74) is 3.85. The molecule has 0 bridgehead atoms. The molecule has 7 nitrogen and oxygen atoms in total. The molecule has 1 saturated heterocycles. The first-order valence-corrected chi connectivity index (χ1v) is 12.5. The second-order valence-electron chi connectivity index (χ2n) is 9.19. The molecule has 4 rings (SSSR count). The molecule has 1 amide bonds. The zero-order chi connectivity index (χ0) is 27.7. The van der Waals surface area contributed by atoms with E-state index in [2.05, 4.69) is 0 Å². The summed E-state index contributed by atoms with van der Waals surface area (Å²) in [5, 5.41) is 11.9. The van der Waals surface area contributed by atoms with Crippen molar-refractivity contribution in [3.05, 3.63) is 86.9 Å². The fourth-order valence-corrected chi connectivity index (χ4v) is 5.24. The number of carbonyl (C=O) groups is 2. The van der Waals surface area contributed by atoms with Gasteiger partial charge in [0.1, 0.15) is 11.5 Å². The van der Waals surface area contributed by atoms with E-state index in [4.69, 9.17) is 25.8 Å². The summed E-state index contributed by atoms with van der Waals surface area (Å²) in [4.78, 5) is 28.6. The first-order chi connectivity index (χ1) is 18.1. The van der Waals surface area contributed by atoms with Crippen molar-refractivity contribution < 1.29 is 28.9 Å². The number of anilines is 1. The minimum atomic E-state index is -0.953. The third-order valence-electron chi connectivity index (χ3n) is 6.38. The normalized spacial score (nSPS) is 16.6. The van der Waals surface area contributed by atoms with Crippen molar-refractivity contribution in [1.29, 1.82) is 0 Å². The molecule has 1 atom stereocenters. The van der Waals surface area contributed by atoms with Crippen LogP contribution in [0, 0.1) is 20.8 Å². The van der Waals surface area contributed by atoms with Crippen molar-refractivity contribution in [2.45, 2.75) is 33.7 Å². The average molecular weight is 536 g/mol. The zero-order valence-electron chi connectivity index (χ0n) is 22.2. The number of aryl methyl sites for hydroxylation is 3. The lowest BCUT2D eigenvalue weighted by atomic mass is 9.94. The van der Waals surface area contributed by atoms with Gasteiger partial charge in [-0.25, -0.2) is 0 Å². The number of ketones is 1. The molecule has 1 aliphatic heterocycles. The smallest absolute Gasteiger partial charge is 0.300 e. The van der Waals surface area contributed by atoms with Gasteiger partial charge in [-0.15, -0.1) is 0 Å². The van der Waals surface area contributed by atoms with Crippen LogP contribution in [0.25, 0.3) is 5.76 Å². The number of amides is 1. The number of benzene rings is 3. The Balaban J connectivity index is 2.05. The molecule has 8 heteroatoms. The first-order valence-electron chi connectivity index (χ1n) is 12.2. The molecule has 0 radical (unpaired) electrons. The van der Waals surface area contributed by atoms with Gasteiger partial charge in [0, 0.05) is 5.69 Å². The van der Waals surface area contributed by atoms with E-state index in [0.29, 0.717) is 29.4 Å². The van der Waals surface area contributed by atoms with Crippen molar-refractivity contribution in [1.82, 2.24) is 0 Å². The van der Waals surface area contributed by atoms with Crippen LogP contribution in [0.15, 0.2) is 54.1 Å². The van der Waals surface area contributed by atoms with Gasteiger partial charge in [-0.1, -0.05) is 23.7 Å². The van der Waals surface area contributed by atoms with Crippen LogP contribution in [0.1, 0.15) is 40.8 Å². The second-order valence-corrected chi connectivity index (χ2v) is 9.59. The molecule has 0 aromatic heterocycles. The quantitative estimate of drug-likeness (QED) is 0.217. The lowest BCUT2D eigenvalue weighted by molar-refractivity contribution is -0.132. The number of carbonyl (C=O) groups excluding carboxylic acids is 2. The molecule has 198 valence electrons. The Morgan fingerprint density at radius 1 is 0.921 bits per heavy atom. The van der Waals surface area contributed by atoms with Gasteiger partial charge in [0.05, 0.1) is 43.0 Å². The van der Waals surface area contributed by atoms with Gasteiger partial charge < -0.3 is 19.3 Å². The molecule has 38 heavy (non-hydrogen) atoms. The van der Waals surface area contributed by atoms with E-state index in [1.807, 2.05) is 45.9 Å². The van der Waals surface area contributed by atoms with E-state index >= 15 is 0 Å². The predicted molar refractivity (Wildman–Crippen MR) is 148 cm³/mol. The van der Waals surface area contributed by atoms with Crippen molar-refractivity contribution in [2.24, 2.45) is 0 Å². The van der Waals surface area contributed by atoms with E-state index in [1.54, 1.807) is 30.3 Å². The summed E-state index contributed by atoms with van der Waals surface area (Å²) in [5.74, 6) is -0.791. The molecule has 0 saturated carbocycles. The molecule has 3 aromatic rings. The SMILES string of the molecule is CCOc1cc(C2/C(=C(\O)c3cc(C)cc(Cl)c3OC)C(=O)C(=O)N2c2cc(C)cc(C)c2)ccc1OC. The molecule has 1 fully saturated rings. The van der Waals surface area contributed by atoms with Crippen molar-refractivity contribution in [3.8, 4) is 17.2 Å². The van der Waals surface area contributed by atoms with Gasteiger partial charge in [-0.3, -0.25) is 14.5 Å². The number of aliphatic hydroxyl groups excluding tert-OH is 1. The molecule has 1 aliphatic rings. The number of hydrogen-bond acceptors (Lipinski definition) is 6. The Morgan fingerprint density at radius 2 is 1.58 bits per heavy atom. The van der Waals surface area contributed by atoms with Crippen LogP contribution in [0.2, 0.25) is 5.02 Å². The lowest BCUT2D eigenvalue weighted by Crippen LogP contribution is -2.29. The first kappa shape index (κ1) is 27.1. The second kappa shape index (κ2) is 10.8. The summed E-state index contributed by atoms with van der Waals surface area (Å²) >= 11 is 6.40. The molecule has 1 unspecified atom stereocenters. The summed E-state index contributed by atoms with van der Waals surface area (Å²) in [7, 11) is 2.96. The predicted octanol–water partition coefficient (Wildman–Crippen LogP) is 6.31. The van der Waals surface area contributed by atoms with E-state index < -0.39 is 17.7 Å². The fraction of sp³-hybridized carbons (Fsp3) is 0.267. The topological polar surface area (TPSA) is 85.3 Å². The number of rotatable bonds is 7. The van der Waals surface area contributed by atoms with Crippen molar-refractivity contribution in [3.63, 3.8) is 0 Å². The maximum atomic E-state index is 13.6. The van der Waals surface area contributed by atoms with E-state index in [1.165, 1.54) is 19.1 Å². The van der Waals surface area contributed by atoms with Crippen LogP contribution in [-0.4, -0.2) is 37.6 Å². The van der Waals surface area contributed by atoms with Gasteiger partial charge in [0.15, 0.2) is 11.5 Å². The monoisotopic (exact) mass is 535 g/mol. The third-order valence-corrected chi connectivity index (χ3v) is 6.66. The minimum Gasteiger partial charge on any atom is -0.507 e. The summed E-state index contributed by atoms with van der Waals surface area (Å²) < 4.78 is 16.7. The number of nitrogens with zero attached hydrogens (tertiary/aromatic N) is 1. The van der Waals surface area contributed by atoms with Gasteiger partial charge in [-0.05, 0) is 86.3 Å². The lowest BCUT2D eigenvalue weighted by Gasteiger charge is -2.27. The molecule has 0 aliphatic carbocycles. The fourth-order valence-electron chi connectivity index (χ4n) is 4.89. The highest BCUT2D eigenvalue weighted by molar-refractivity contribution is 6.51. The van der Waals surface area contributed by atoms with Crippen molar-refractivity contribution in [2.75, 3.05) is 25.7 Å². The van der Waals surface area contributed by atoms with Crippen LogP contribution in [0.4, 0.5) is 5.69 Å². The molecule has 3 aromatic carbocycles. The summed E-state index contributed by atoms with van der Waals surface area (Å²) in [6, 6.07) is 13.3. The minimum absolute atomic E-state index is 0.0817. The standard InChI is InChI=1S/C30H30ClNO6/c1-7-38-24-15-19(8-9-23(24)36-5)26-25(27(33)21-13-18(4)14-22(31)29(21)37-6)28(34)30(35)32(26)20-11-16(2)10-17(3)12-20/h8-15,26,33H,7H2,1-6H3/b27-25+.